The summed E-state index contributed by atoms with van der Waals surface area (Å²) in [7, 11) is 1.55. The summed E-state index contributed by atoms with van der Waals surface area (Å²) in [6.07, 6.45) is 1.19. The van der Waals surface area contributed by atoms with Crippen LogP contribution in [0.5, 0.6) is 0 Å². The smallest absolute Gasteiger partial charge is 0.333 e. The van der Waals surface area contributed by atoms with Crippen LogP contribution in [0.25, 0.3) is 9.88 Å². The number of amides is 1. The summed E-state index contributed by atoms with van der Waals surface area (Å²) in [6.45, 7) is -2.60. The second-order valence-electron chi connectivity index (χ2n) is 4.72. The van der Waals surface area contributed by atoms with Gasteiger partial charge in [0.2, 0.25) is 0 Å². The third-order valence-corrected chi connectivity index (χ3v) is 5.03. The van der Waals surface area contributed by atoms with Crippen LogP contribution in [0.2, 0.25) is 0 Å². The largest absolute Gasteiger partial charge is 0.334 e. The minimum absolute atomic E-state index is 0.142. The van der Waals surface area contributed by atoms with Gasteiger partial charge in [-0.3, -0.25) is 4.79 Å². The number of rotatable bonds is 5. The zero-order valence-electron chi connectivity index (χ0n) is 12.0. The van der Waals surface area contributed by atoms with E-state index >= 15 is 0 Å². The van der Waals surface area contributed by atoms with E-state index in [2.05, 4.69) is 10.1 Å². The van der Waals surface area contributed by atoms with Crippen molar-refractivity contribution in [1.82, 2.24) is 19.7 Å². The fraction of sp³-hybridized carbons (Fsp3) is 0.214. The van der Waals surface area contributed by atoms with E-state index in [9.17, 15) is 13.6 Å². The summed E-state index contributed by atoms with van der Waals surface area (Å²) in [5.74, 6) is -0.520. The van der Waals surface area contributed by atoms with Gasteiger partial charge in [-0.05, 0) is 17.5 Å². The zero-order chi connectivity index (χ0) is 16.4. The van der Waals surface area contributed by atoms with Crippen molar-refractivity contribution < 1.29 is 13.6 Å². The predicted octanol–water partition coefficient (Wildman–Crippen LogP) is 3.74. The van der Waals surface area contributed by atoms with Crippen LogP contribution in [0.3, 0.4) is 0 Å². The molecule has 0 saturated carbocycles. The lowest BCUT2D eigenvalue weighted by molar-refractivity contribution is 0.0472. The third-order valence-electron chi connectivity index (χ3n) is 3.10. The normalized spacial score (nSPS) is 11.1. The molecule has 0 fully saturated rings. The van der Waals surface area contributed by atoms with Crippen molar-refractivity contribution >= 4 is 28.6 Å². The van der Waals surface area contributed by atoms with Crippen LogP contribution in [0.4, 0.5) is 8.78 Å². The third kappa shape index (κ3) is 3.30. The number of halogens is 2. The first-order valence-corrected chi connectivity index (χ1v) is 8.37. The molecule has 1 amide bonds. The Hall–Kier alpha value is -2.13. The standard InChI is InChI=1S/C14H12F2N4OS2/c1-19(13(21)10-4-5-17-20(10)14(15)16)7-9-8-23-12(18-9)11-3-2-6-22-11/h2-6,8,14H,7H2,1H3. The van der Waals surface area contributed by atoms with Crippen LogP contribution >= 0.6 is 22.7 Å². The van der Waals surface area contributed by atoms with Gasteiger partial charge in [-0.15, -0.1) is 22.7 Å². The Balaban J connectivity index is 1.73. The molecule has 9 heteroatoms. The lowest BCUT2D eigenvalue weighted by atomic mass is 10.3. The molecule has 0 N–H and O–H groups in total. The second kappa shape index (κ2) is 6.55. The van der Waals surface area contributed by atoms with E-state index in [1.165, 1.54) is 28.5 Å². The van der Waals surface area contributed by atoms with Gasteiger partial charge in [-0.2, -0.15) is 18.6 Å². The molecule has 0 aliphatic rings. The SMILES string of the molecule is CN(Cc1csc(-c2cccs2)n1)C(=O)c1ccnn1C(F)F. The first-order valence-electron chi connectivity index (χ1n) is 6.61. The Bertz CT molecular complexity index is 797. The molecule has 23 heavy (non-hydrogen) atoms. The highest BCUT2D eigenvalue weighted by atomic mass is 32.1. The highest BCUT2D eigenvalue weighted by Gasteiger charge is 2.21. The van der Waals surface area contributed by atoms with Gasteiger partial charge in [-0.25, -0.2) is 4.98 Å². The lowest BCUT2D eigenvalue weighted by Gasteiger charge is -2.16. The summed E-state index contributed by atoms with van der Waals surface area (Å²) in [5, 5.41) is 8.19. The second-order valence-corrected chi connectivity index (χ2v) is 6.53. The van der Waals surface area contributed by atoms with Gasteiger partial charge < -0.3 is 4.90 Å². The van der Waals surface area contributed by atoms with Gasteiger partial charge in [0.25, 0.3) is 5.91 Å². The number of aromatic nitrogens is 3. The molecule has 0 aliphatic heterocycles. The van der Waals surface area contributed by atoms with Crippen molar-refractivity contribution in [2.45, 2.75) is 13.1 Å². The van der Waals surface area contributed by atoms with E-state index in [4.69, 9.17) is 0 Å². The highest BCUT2D eigenvalue weighted by Crippen LogP contribution is 2.28. The Labute approximate surface area is 138 Å². The molecule has 3 rings (SSSR count). The molecular weight excluding hydrogens is 342 g/mol. The Morgan fingerprint density at radius 3 is 2.91 bits per heavy atom. The maximum atomic E-state index is 12.8. The van der Waals surface area contributed by atoms with E-state index in [0.29, 0.717) is 4.68 Å². The van der Waals surface area contributed by atoms with E-state index < -0.39 is 12.5 Å². The van der Waals surface area contributed by atoms with Crippen LogP contribution < -0.4 is 0 Å². The monoisotopic (exact) mass is 354 g/mol. The predicted molar refractivity (Wildman–Crippen MR) is 84.7 cm³/mol. The van der Waals surface area contributed by atoms with Crippen molar-refractivity contribution in [3.05, 3.63) is 46.5 Å². The summed E-state index contributed by atoms with van der Waals surface area (Å²) in [6, 6.07) is 5.20. The number of nitrogens with zero attached hydrogens (tertiary/aromatic N) is 4. The molecule has 3 heterocycles. The maximum absolute atomic E-state index is 12.8. The lowest BCUT2D eigenvalue weighted by Crippen LogP contribution is -2.28. The molecule has 0 bridgehead atoms. The molecule has 3 aromatic rings. The molecule has 0 atom stereocenters. The molecule has 0 unspecified atom stereocenters. The molecule has 5 nitrogen and oxygen atoms in total. The minimum Gasteiger partial charge on any atom is -0.334 e. The number of thiazole rings is 1. The Kier molecular flexibility index (Phi) is 4.49. The molecule has 0 saturated heterocycles. The van der Waals surface area contributed by atoms with Crippen molar-refractivity contribution in [1.29, 1.82) is 0 Å². The summed E-state index contributed by atoms with van der Waals surface area (Å²) in [5.41, 5.74) is 0.577. The Morgan fingerprint density at radius 2 is 2.22 bits per heavy atom. The van der Waals surface area contributed by atoms with E-state index in [1.54, 1.807) is 18.4 Å². The fourth-order valence-corrected chi connectivity index (χ4v) is 3.67. The van der Waals surface area contributed by atoms with Crippen LogP contribution in [0, 0.1) is 0 Å². The molecular formula is C14H12F2N4OS2. The minimum atomic E-state index is -2.85. The number of carbonyl (C=O) groups is 1. The van der Waals surface area contributed by atoms with Gasteiger partial charge in [0, 0.05) is 18.6 Å². The van der Waals surface area contributed by atoms with Crippen LogP contribution in [0.1, 0.15) is 22.7 Å². The van der Waals surface area contributed by atoms with E-state index in [-0.39, 0.29) is 12.2 Å². The van der Waals surface area contributed by atoms with Crippen molar-refractivity contribution in [2.75, 3.05) is 7.05 Å². The molecule has 3 aromatic heterocycles. The van der Waals surface area contributed by atoms with Crippen molar-refractivity contribution in [2.24, 2.45) is 0 Å². The van der Waals surface area contributed by atoms with E-state index in [1.807, 2.05) is 22.9 Å². The number of carbonyl (C=O) groups excluding carboxylic acids is 1. The van der Waals surface area contributed by atoms with Gasteiger partial charge in [0.05, 0.1) is 17.1 Å². The molecule has 0 spiro atoms. The van der Waals surface area contributed by atoms with Gasteiger partial charge >= 0.3 is 6.55 Å². The molecule has 120 valence electrons. The van der Waals surface area contributed by atoms with Crippen molar-refractivity contribution in [3.63, 3.8) is 0 Å². The van der Waals surface area contributed by atoms with E-state index in [0.717, 1.165) is 15.6 Å². The summed E-state index contributed by atoms with van der Waals surface area (Å²) < 4.78 is 26.0. The summed E-state index contributed by atoms with van der Waals surface area (Å²) in [4.78, 5) is 19.2. The Morgan fingerprint density at radius 1 is 1.39 bits per heavy atom. The zero-order valence-corrected chi connectivity index (χ0v) is 13.7. The maximum Gasteiger partial charge on any atom is 0.333 e. The summed E-state index contributed by atoms with van der Waals surface area (Å²) >= 11 is 3.08. The number of thiophene rings is 1. The van der Waals surface area contributed by atoms with Gasteiger partial charge in [0.15, 0.2) is 0 Å². The molecule has 0 aliphatic carbocycles. The quantitative estimate of drug-likeness (QED) is 0.701. The van der Waals surface area contributed by atoms with Crippen LogP contribution in [-0.2, 0) is 6.54 Å². The van der Waals surface area contributed by atoms with Crippen LogP contribution in [0.15, 0.2) is 35.2 Å². The van der Waals surface area contributed by atoms with Crippen LogP contribution in [-0.4, -0.2) is 32.6 Å². The average molecular weight is 354 g/mol. The van der Waals surface area contributed by atoms with Gasteiger partial charge in [-0.1, -0.05) is 6.07 Å². The molecule has 0 aromatic carbocycles. The fourth-order valence-electron chi connectivity index (χ4n) is 2.04. The first-order chi connectivity index (χ1) is 11.1. The molecule has 0 radical (unpaired) electrons. The topological polar surface area (TPSA) is 51.0 Å². The number of hydrogen-bond donors (Lipinski definition) is 0. The highest BCUT2D eigenvalue weighted by molar-refractivity contribution is 7.20. The number of alkyl halides is 2. The first kappa shape index (κ1) is 15.8. The van der Waals surface area contributed by atoms with Gasteiger partial charge in [0.1, 0.15) is 10.7 Å². The average Bonchev–Trinajstić information content (AvgIpc) is 3.26. The van der Waals surface area contributed by atoms with Crippen molar-refractivity contribution in [3.8, 4) is 9.88 Å². The number of hydrogen-bond acceptors (Lipinski definition) is 5.